The van der Waals surface area contributed by atoms with E-state index in [1.165, 1.54) is 22.6 Å². The molecule has 0 saturated carbocycles. The number of alkyl halides is 3. The Kier molecular flexibility index (Phi) is 6.54. The van der Waals surface area contributed by atoms with Gasteiger partial charge in [0.25, 0.3) is 5.91 Å². The molecular formula is C15H18F3N5O3S. The monoisotopic (exact) mass is 405 g/mol. The topological polar surface area (TPSA) is 109 Å². The second-order valence-electron chi connectivity index (χ2n) is 5.71. The van der Waals surface area contributed by atoms with Crippen LogP contribution in [0.2, 0.25) is 0 Å². The molecule has 0 radical (unpaired) electrons. The summed E-state index contributed by atoms with van der Waals surface area (Å²) < 4.78 is 33.3. The molecule has 1 unspecified atom stereocenters. The van der Waals surface area contributed by atoms with E-state index in [1.54, 1.807) is 18.7 Å². The third-order valence-electron chi connectivity index (χ3n) is 3.59. The maximum Gasteiger partial charge on any atom is 0.490 e. The van der Waals surface area contributed by atoms with Gasteiger partial charge in [-0.15, -0.1) is 11.3 Å². The van der Waals surface area contributed by atoms with Crippen molar-refractivity contribution in [3.8, 4) is 0 Å². The Morgan fingerprint density at radius 3 is 2.56 bits per heavy atom. The average molecular weight is 405 g/mol. The van der Waals surface area contributed by atoms with Gasteiger partial charge in [0.2, 0.25) is 5.95 Å². The highest BCUT2D eigenvalue weighted by atomic mass is 32.1. The number of nitrogens with zero attached hydrogens (tertiary/aromatic N) is 3. The normalized spacial score (nSPS) is 16.6. The van der Waals surface area contributed by atoms with Crippen molar-refractivity contribution in [2.24, 2.45) is 7.05 Å². The first-order valence-corrected chi connectivity index (χ1v) is 8.72. The molecule has 8 nitrogen and oxygen atoms in total. The van der Waals surface area contributed by atoms with E-state index in [1.807, 2.05) is 12.1 Å². The lowest BCUT2D eigenvalue weighted by Crippen LogP contribution is -2.21. The van der Waals surface area contributed by atoms with Gasteiger partial charge in [0.1, 0.15) is 5.82 Å². The van der Waals surface area contributed by atoms with Gasteiger partial charge in [-0.05, 0) is 38.4 Å². The van der Waals surface area contributed by atoms with Crippen LogP contribution in [0.5, 0.6) is 0 Å². The van der Waals surface area contributed by atoms with Gasteiger partial charge >= 0.3 is 12.1 Å². The predicted octanol–water partition coefficient (Wildman–Crippen LogP) is 2.50. The van der Waals surface area contributed by atoms with Crippen molar-refractivity contribution >= 4 is 29.2 Å². The van der Waals surface area contributed by atoms with Crippen molar-refractivity contribution in [2.45, 2.75) is 32.0 Å². The van der Waals surface area contributed by atoms with Crippen molar-refractivity contribution < 1.29 is 27.9 Å². The molecule has 0 spiro atoms. The molecule has 1 aliphatic rings. The lowest BCUT2D eigenvalue weighted by molar-refractivity contribution is -0.192. The number of amides is 1. The molecule has 3 N–H and O–H groups in total. The molecule has 3 heterocycles. The lowest BCUT2D eigenvalue weighted by Gasteiger charge is -2.06. The molecule has 0 aliphatic carbocycles. The van der Waals surface area contributed by atoms with Gasteiger partial charge in [-0.1, -0.05) is 0 Å². The second kappa shape index (κ2) is 8.48. The third-order valence-corrected chi connectivity index (χ3v) is 4.79. The molecule has 1 aliphatic heterocycles. The van der Waals surface area contributed by atoms with Crippen LogP contribution < -0.4 is 10.6 Å². The second-order valence-corrected chi connectivity index (χ2v) is 6.83. The van der Waals surface area contributed by atoms with E-state index in [9.17, 15) is 18.0 Å². The van der Waals surface area contributed by atoms with Gasteiger partial charge < -0.3 is 10.4 Å². The summed E-state index contributed by atoms with van der Waals surface area (Å²) >= 11 is 1.54. The molecule has 0 aromatic carbocycles. The molecule has 27 heavy (non-hydrogen) atoms. The number of carbonyl (C=O) groups excluding carboxylic acids is 1. The van der Waals surface area contributed by atoms with E-state index in [4.69, 9.17) is 9.90 Å². The van der Waals surface area contributed by atoms with Crippen LogP contribution in [0.25, 0.3) is 0 Å². The fourth-order valence-electron chi connectivity index (χ4n) is 2.37. The number of rotatable bonds is 3. The molecule has 1 amide bonds. The Balaban J connectivity index is 0.000000321. The van der Waals surface area contributed by atoms with Crippen LogP contribution in [0.1, 0.15) is 39.3 Å². The number of carbonyl (C=O) groups is 2. The zero-order valence-electron chi connectivity index (χ0n) is 14.5. The number of thiophene rings is 1. The van der Waals surface area contributed by atoms with Gasteiger partial charge in [0.15, 0.2) is 0 Å². The quantitative estimate of drug-likeness (QED) is 0.724. The van der Waals surface area contributed by atoms with Crippen LogP contribution in [0, 0.1) is 6.92 Å². The molecule has 0 bridgehead atoms. The highest BCUT2D eigenvalue weighted by molar-refractivity contribution is 7.14. The van der Waals surface area contributed by atoms with Crippen LogP contribution in [0.15, 0.2) is 12.1 Å². The van der Waals surface area contributed by atoms with Gasteiger partial charge in [0.05, 0.1) is 4.88 Å². The molecule has 148 valence electrons. The van der Waals surface area contributed by atoms with Gasteiger partial charge in [0, 0.05) is 18.0 Å². The van der Waals surface area contributed by atoms with E-state index in [-0.39, 0.29) is 5.91 Å². The summed E-state index contributed by atoms with van der Waals surface area (Å²) in [6.07, 6.45) is -2.74. The Morgan fingerprint density at radius 2 is 2.07 bits per heavy atom. The average Bonchev–Trinajstić information content (AvgIpc) is 3.28. The van der Waals surface area contributed by atoms with Crippen molar-refractivity contribution in [3.05, 3.63) is 27.7 Å². The third kappa shape index (κ3) is 5.76. The number of aliphatic carboxylic acids is 1. The number of hydrogen-bond acceptors (Lipinski definition) is 6. The smallest absolute Gasteiger partial charge is 0.475 e. The van der Waals surface area contributed by atoms with Crippen molar-refractivity contribution in [3.63, 3.8) is 0 Å². The minimum absolute atomic E-state index is 0.130. The first kappa shape index (κ1) is 20.8. The summed E-state index contributed by atoms with van der Waals surface area (Å²) in [4.78, 5) is 27.2. The number of anilines is 1. The fourth-order valence-corrected chi connectivity index (χ4v) is 3.39. The van der Waals surface area contributed by atoms with Crippen LogP contribution in [0.4, 0.5) is 19.1 Å². The molecule has 3 rings (SSSR count). The van der Waals surface area contributed by atoms with Crippen LogP contribution in [0.3, 0.4) is 0 Å². The van der Waals surface area contributed by atoms with Gasteiger partial charge in [-0.2, -0.15) is 23.3 Å². The minimum atomic E-state index is -5.08. The molecule has 1 atom stereocenters. The Bertz CT molecular complexity index is 812. The van der Waals surface area contributed by atoms with E-state index >= 15 is 0 Å². The van der Waals surface area contributed by atoms with Crippen molar-refractivity contribution in [1.29, 1.82) is 0 Å². The van der Waals surface area contributed by atoms with Crippen LogP contribution in [-0.4, -0.2) is 44.5 Å². The number of halogens is 3. The molecule has 2 aromatic heterocycles. The number of nitrogens with one attached hydrogen (secondary N) is 2. The van der Waals surface area contributed by atoms with E-state index in [2.05, 4.69) is 20.7 Å². The zero-order valence-corrected chi connectivity index (χ0v) is 15.3. The van der Waals surface area contributed by atoms with Crippen molar-refractivity contribution in [2.75, 3.05) is 11.9 Å². The van der Waals surface area contributed by atoms with Crippen LogP contribution >= 0.6 is 11.3 Å². The Morgan fingerprint density at radius 1 is 1.41 bits per heavy atom. The van der Waals surface area contributed by atoms with E-state index < -0.39 is 12.1 Å². The minimum Gasteiger partial charge on any atom is -0.475 e. The summed E-state index contributed by atoms with van der Waals surface area (Å²) in [7, 11) is 1.76. The molecule has 1 saturated heterocycles. The first-order chi connectivity index (χ1) is 12.6. The summed E-state index contributed by atoms with van der Waals surface area (Å²) in [6.45, 7) is 2.85. The predicted molar refractivity (Wildman–Crippen MR) is 91.7 cm³/mol. The maximum atomic E-state index is 12.2. The summed E-state index contributed by atoms with van der Waals surface area (Å²) in [5, 5.41) is 17.5. The summed E-state index contributed by atoms with van der Waals surface area (Å²) in [6, 6.07) is 4.31. The number of carboxylic acids is 1. The summed E-state index contributed by atoms with van der Waals surface area (Å²) in [5.74, 6) is -1.77. The molecule has 1 fully saturated rings. The fraction of sp³-hybridized carbons (Fsp3) is 0.467. The highest BCUT2D eigenvalue weighted by Crippen LogP contribution is 2.29. The Labute approximate surface area is 156 Å². The number of aryl methyl sites for hydroxylation is 2. The lowest BCUT2D eigenvalue weighted by atomic mass is 10.2. The van der Waals surface area contributed by atoms with Crippen LogP contribution in [-0.2, 0) is 11.8 Å². The highest BCUT2D eigenvalue weighted by Gasteiger charge is 2.38. The molecule has 12 heteroatoms. The number of hydrogen-bond donors (Lipinski definition) is 3. The Hall–Kier alpha value is -2.47. The number of carboxylic acid groups (broad SMARTS) is 1. The first-order valence-electron chi connectivity index (χ1n) is 7.90. The maximum absolute atomic E-state index is 12.2. The van der Waals surface area contributed by atoms with E-state index in [0.29, 0.717) is 22.7 Å². The standard InChI is InChI=1S/C13H17N5OS.C2HF3O2/c1-8-15-13(18(2)17-8)16-12(19)11-6-5-10(20-11)9-4-3-7-14-9;3-2(4,5)1(6)7/h5-6,9,14H,3-4,7H2,1-2H3,(H,15,16,17,19);(H,6,7). The van der Waals surface area contributed by atoms with Crippen molar-refractivity contribution in [1.82, 2.24) is 20.1 Å². The molecular weight excluding hydrogens is 387 g/mol. The zero-order chi connectivity index (χ0) is 20.2. The van der Waals surface area contributed by atoms with Gasteiger partial charge in [-0.3, -0.25) is 10.1 Å². The van der Waals surface area contributed by atoms with E-state index in [0.717, 1.165) is 13.0 Å². The van der Waals surface area contributed by atoms with Gasteiger partial charge in [-0.25, -0.2) is 9.48 Å². The SMILES string of the molecule is Cc1nc(NC(=O)c2ccc(C3CCCN3)s2)n(C)n1.O=C(O)C(F)(F)F. The largest absolute Gasteiger partial charge is 0.490 e. The number of aromatic nitrogens is 3. The molecule has 2 aromatic rings. The summed E-state index contributed by atoms with van der Waals surface area (Å²) in [5.41, 5.74) is 0.